The fraction of sp³-hybridized carbons (Fsp3) is 0.550. The zero-order valence-electron chi connectivity index (χ0n) is 16.0. The highest BCUT2D eigenvalue weighted by Gasteiger charge is 2.12. The SMILES string of the molecule is CCCCCCCCCC(=O)NCC(=O)NN=Cc1ccc2c(c1)OCO2. The Labute approximate surface area is 160 Å². The molecule has 0 radical (unpaired) electrons. The molecule has 1 aliphatic rings. The van der Waals surface area contributed by atoms with Crippen LogP contribution in [0.2, 0.25) is 0 Å². The molecule has 0 saturated carbocycles. The molecule has 1 aromatic rings. The third kappa shape index (κ3) is 8.11. The zero-order chi connectivity index (χ0) is 19.3. The van der Waals surface area contributed by atoms with Gasteiger partial charge in [-0.3, -0.25) is 9.59 Å². The molecule has 0 aliphatic carbocycles. The Balaban J connectivity index is 1.54. The molecule has 2 amide bonds. The van der Waals surface area contributed by atoms with E-state index in [1.165, 1.54) is 38.3 Å². The standard InChI is InChI=1S/C20H29N3O4/c1-2-3-4-5-6-7-8-9-19(24)21-14-20(25)23-22-13-16-10-11-17-18(12-16)27-15-26-17/h10-13H,2-9,14-15H2,1H3,(H,21,24)(H,23,25). The molecule has 0 bridgehead atoms. The van der Waals surface area contributed by atoms with E-state index in [1.807, 2.05) is 6.07 Å². The van der Waals surface area contributed by atoms with Gasteiger partial charge in [0.25, 0.3) is 5.91 Å². The number of amides is 2. The number of benzene rings is 1. The van der Waals surface area contributed by atoms with Crippen LogP contribution >= 0.6 is 0 Å². The van der Waals surface area contributed by atoms with E-state index < -0.39 is 0 Å². The molecule has 1 heterocycles. The van der Waals surface area contributed by atoms with Crippen molar-refractivity contribution >= 4 is 18.0 Å². The second-order valence-corrected chi connectivity index (χ2v) is 6.55. The van der Waals surface area contributed by atoms with E-state index in [-0.39, 0.29) is 25.2 Å². The normalized spacial score (nSPS) is 12.3. The molecule has 0 aromatic heterocycles. The first-order chi connectivity index (χ1) is 13.2. The highest BCUT2D eigenvalue weighted by atomic mass is 16.7. The molecule has 0 atom stereocenters. The minimum Gasteiger partial charge on any atom is -0.454 e. The summed E-state index contributed by atoms with van der Waals surface area (Å²) in [4.78, 5) is 23.4. The molecule has 148 valence electrons. The number of unbranched alkanes of at least 4 members (excludes halogenated alkanes) is 6. The summed E-state index contributed by atoms with van der Waals surface area (Å²) in [5, 5.41) is 6.50. The number of fused-ring (bicyclic) bond motifs is 1. The van der Waals surface area contributed by atoms with Crippen LogP contribution in [0.1, 0.15) is 63.9 Å². The van der Waals surface area contributed by atoms with Crippen molar-refractivity contribution < 1.29 is 19.1 Å². The predicted octanol–water partition coefficient (Wildman–Crippen LogP) is 3.12. The lowest BCUT2D eigenvalue weighted by molar-refractivity contribution is -0.126. The van der Waals surface area contributed by atoms with Gasteiger partial charge in [-0.25, -0.2) is 5.43 Å². The second-order valence-electron chi connectivity index (χ2n) is 6.55. The van der Waals surface area contributed by atoms with E-state index in [4.69, 9.17) is 9.47 Å². The topological polar surface area (TPSA) is 89.0 Å². The van der Waals surface area contributed by atoms with Crippen molar-refractivity contribution in [2.45, 2.75) is 58.3 Å². The molecule has 0 unspecified atom stereocenters. The van der Waals surface area contributed by atoms with Gasteiger partial charge in [0.2, 0.25) is 12.7 Å². The van der Waals surface area contributed by atoms with Crippen molar-refractivity contribution in [3.8, 4) is 11.5 Å². The Morgan fingerprint density at radius 1 is 1.04 bits per heavy atom. The molecule has 1 aliphatic heterocycles. The average Bonchev–Trinajstić information content (AvgIpc) is 3.13. The number of carbonyl (C=O) groups excluding carboxylic acids is 2. The third-order valence-electron chi connectivity index (χ3n) is 4.25. The predicted molar refractivity (Wildman–Crippen MR) is 104 cm³/mol. The summed E-state index contributed by atoms with van der Waals surface area (Å²) in [6.07, 6.45) is 10.1. The Kier molecular flexibility index (Phi) is 9.17. The van der Waals surface area contributed by atoms with Crippen LogP contribution < -0.4 is 20.2 Å². The van der Waals surface area contributed by atoms with E-state index >= 15 is 0 Å². The molecular formula is C20H29N3O4. The number of ether oxygens (including phenoxy) is 2. The maximum atomic E-state index is 11.7. The Morgan fingerprint density at radius 2 is 1.78 bits per heavy atom. The maximum absolute atomic E-state index is 11.7. The van der Waals surface area contributed by atoms with Crippen molar-refractivity contribution in [2.75, 3.05) is 13.3 Å². The number of hydrogen-bond donors (Lipinski definition) is 2. The third-order valence-corrected chi connectivity index (χ3v) is 4.25. The minimum atomic E-state index is -0.361. The largest absolute Gasteiger partial charge is 0.454 e. The van der Waals surface area contributed by atoms with Gasteiger partial charge in [0.15, 0.2) is 11.5 Å². The summed E-state index contributed by atoms with van der Waals surface area (Å²) in [6, 6.07) is 5.38. The molecule has 0 saturated heterocycles. The molecule has 7 heteroatoms. The van der Waals surface area contributed by atoms with Crippen molar-refractivity contribution in [2.24, 2.45) is 5.10 Å². The first-order valence-corrected chi connectivity index (χ1v) is 9.67. The number of carbonyl (C=O) groups is 2. The molecule has 2 N–H and O–H groups in total. The summed E-state index contributed by atoms with van der Waals surface area (Å²) in [5.41, 5.74) is 3.17. The molecule has 7 nitrogen and oxygen atoms in total. The van der Waals surface area contributed by atoms with E-state index in [1.54, 1.807) is 12.1 Å². The monoisotopic (exact) mass is 375 g/mol. The number of nitrogens with zero attached hydrogens (tertiary/aromatic N) is 1. The lowest BCUT2D eigenvalue weighted by Crippen LogP contribution is -2.34. The van der Waals surface area contributed by atoms with Crippen LogP contribution in [0, 0.1) is 0 Å². The minimum absolute atomic E-state index is 0.0756. The summed E-state index contributed by atoms with van der Waals surface area (Å²) < 4.78 is 10.5. The van der Waals surface area contributed by atoms with Gasteiger partial charge < -0.3 is 14.8 Å². The van der Waals surface area contributed by atoms with E-state index in [0.717, 1.165) is 18.4 Å². The van der Waals surface area contributed by atoms with Crippen LogP contribution in [0.25, 0.3) is 0 Å². The van der Waals surface area contributed by atoms with Gasteiger partial charge in [0.1, 0.15) is 0 Å². The van der Waals surface area contributed by atoms with Crippen LogP contribution in [0.3, 0.4) is 0 Å². The van der Waals surface area contributed by atoms with Gasteiger partial charge in [-0.05, 0) is 30.2 Å². The summed E-state index contributed by atoms with van der Waals surface area (Å²) >= 11 is 0. The highest BCUT2D eigenvalue weighted by Crippen LogP contribution is 2.31. The highest BCUT2D eigenvalue weighted by molar-refractivity contribution is 5.86. The zero-order valence-corrected chi connectivity index (χ0v) is 16.0. The van der Waals surface area contributed by atoms with Gasteiger partial charge in [0, 0.05) is 6.42 Å². The lowest BCUT2D eigenvalue weighted by atomic mass is 10.1. The van der Waals surface area contributed by atoms with Gasteiger partial charge in [-0.2, -0.15) is 5.10 Å². The Bertz CT molecular complexity index is 646. The quantitative estimate of drug-likeness (QED) is 0.334. The first-order valence-electron chi connectivity index (χ1n) is 9.67. The molecular weight excluding hydrogens is 346 g/mol. The van der Waals surface area contributed by atoms with Crippen molar-refractivity contribution in [3.05, 3.63) is 23.8 Å². The van der Waals surface area contributed by atoms with E-state index in [9.17, 15) is 9.59 Å². The summed E-state index contributed by atoms with van der Waals surface area (Å²) in [6.45, 7) is 2.34. The van der Waals surface area contributed by atoms with Crippen molar-refractivity contribution in [1.82, 2.24) is 10.7 Å². The number of hydrogen-bond acceptors (Lipinski definition) is 5. The van der Waals surface area contributed by atoms with Gasteiger partial charge >= 0.3 is 0 Å². The fourth-order valence-corrected chi connectivity index (χ4v) is 2.72. The van der Waals surface area contributed by atoms with Crippen LogP contribution in [0.5, 0.6) is 11.5 Å². The smallest absolute Gasteiger partial charge is 0.259 e. The van der Waals surface area contributed by atoms with Gasteiger partial charge in [-0.1, -0.05) is 45.4 Å². The van der Waals surface area contributed by atoms with Crippen molar-refractivity contribution in [3.63, 3.8) is 0 Å². The van der Waals surface area contributed by atoms with Crippen LogP contribution in [0.15, 0.2) is 23.3 Å². The molecule has 2 rings (SSSR count). The molecule has 1 aromatic carbocycles. The fourth-order valence-electron chi connectivity index (χ4n) is 2.72. The molecule has 0 spiro atoms. The number of rotatable bonds is 12. The molecule has 0 fully saturated rings. The number of nitrogens with one attached hydrogen (secondary N) is 2. The van der Waals surface area contributed by atoms with Crippen molar-refractivity contribution in [1.29, 1.82) is 0 Å². The van der Waals surface area contributed by atoms with Gasteiger partial charge in [0.05, 0.1) is 12.8 Å². The maximum Gasteiger partial charge on any atom is 0.259 e. The summed E-state index contributed by atoms with van der Waals surface area (Å²) in [5.74, 6) is 0.890. The van der Waals surface area contributed by atoms with Crippen LogP contribution in [-0.2, 0) is 9.59 Å². The first kappa shape index (κ1) is 20.7. The Morgan fingerprint density at radius 3 is 2.59 bits per heavy atom. The van der Waals surface area contributed by atoms with Gasteiger partial charge in [-0.15, -0.1) is 0 Å². The number of hydrazone groups is 1. The molecule has 27 heavy (non-hydrogen) atoms. The summed E-state index contributed by atoms with van der Waals surface area (Å²) in [7, 11) is 0. The van der Waals surface area contributed by atoms with Crippen LogP contribution in [-0.4, -0.2) is 31.4 Å². The average molecular weight is 375 g/mol. The second kappa shape index (κ2) is 11.9. The van der Waals surface area contributed by atoms with Crippen LogP contribution in [0.4, 0.5) is 0 Å². The lowest BCUT2D eigenvalue weighted by Gasteiger charge is -2.04. The van der Waals surface area contributed by atoms with E-state index in [0.29, 0.717) is 17.9 Å². The van der Waals surface area contributed by atoms with E-state index in [2.05, 4.69) is 22.8 Å². The Hall–Kier alpha value is -2.57.